The van der Waals surface area contributed by atoms with Gasteiger partial charge in [0, 0.05) is 52.9 Å². The number of amides is 2. The van der Waals surface area contributed by atoms with E-state index in [9.17, 15) is 23.2 Å². The quantitative estimate of drug-likeness (QED) is 0.404. The van der Waals surface area contributed by atoms with Crippen molar-refractivity contribution in [1.29, 1.82) is 0 Å². The zero-order valence-corrected chi connectivity index (χ0v) is 21.0. The summed E-state index contributed by atoms with van der Waals surface area (Å²) in [6.45, 7) is 4.92. The molecule has 2 saturated heterocycles. The molecule has 12 heteroatoms. The predicted molar refractivity (Wildman–Crippen MR) is 137 cm³/mol. The minimum Gasteiger partial charge on any atom is -0.351 e. The SMILES string of the molecule is C=CC(=O)N1CCN(c2nc(=O)n3c4c(c(-c5ccc(F)cc5F)c(Cl)cc24)SCC3)CC12CNC2=O. The topological polar surface area (TPSA) is 87.5 Å². The Kier molecular flexibility index (Phi) is 5.53. The Balaban J connectivity index is 1.54. The van der Waals surface area contributed by atoms with Gasteiger partial charge in [-0.1, -0.05) is 18.2 Å². The number of aryl methyl sites for hydroxylation is 1. The van der Waals surface area contributed by atoms with E-state index in [1.165, 1.54) is 33.4 Å². The molecule has 190 valence electrons. The number of carbonyl (C=O) groups is 2. The highest BCUT2D eigenvalue weighted by Crippen LogP contribution is 2.46. The van der Waals surface area contributed by atoms with Crippen LogP contribution in [0.5, 0.6) is 0 Å². The molecule has 2 fully saturated rings. The third-order valence-corrected chi connectivity index (χ3v) is 8.55. The van der Waals surface area contributed by atoms with Gasteiger partial charge in [-0.15, -0.1) is 11.8 Å². The van der Waals surface area contributed by atoms with Gasteiger partial charge in [-0.2, -0.15) is 4.98 Å². The van der Waals surface area contributed by atoms with Crippen LogP contribution in [0.3, 0.4) is 0 Å². The van der Waals surface area contributed by atoms with E-state index in [4.69, 9.17) is 11.6 Å². The van der Waals surface area contributed by atoms with Gasteiger partial charge in [0.15, 0.2) is 5.54 Å². The van der Waals surface area contributed by atoms with Gasteiger partial charge in [0.25, 0.3) is 0 Å². The first kappa shape index (κ1) is 23.9. The maximum atomic E-state index is 14.8. The molecule has 1 atom stereocenters. The van der Waals surface area contributed by atoms with E-state index < -0.39 is 22.9 Å². The van der Waals surface area contributed by atoms with E-state index >= 15 is 0 Å². The van der Waals surface area contributed by atoms with Gasteiger partial charge in [-0.05, 0) is 24.3 Å². The lowest BCUT2D eigenvalue weighted by molar-refractivity contribution is -0.153. The number of anilines is 1. The van der Waals surface area contributed by atoms with Crippen molar-refractivity contribution in [2.24, 2.45) is 0 Å². The van der Waals surface area contributed by atoms with Crippen LogP contribution in [0.4, 0.5) is 14.6 Å². The molecule has 1 spiro atoms. The average Bonchev–Trinajstić information content (AvgIpc) is 2.89. The number of nitrogens with zero attached hydrogens (tertiary/aromatic N) is 4. The summed E-state index contributed by atoms with van der Waals surface area (Å²) in [4.78, 5) is 46.7. The molecule has 3 aliphatic rings. The second-order valence-corrected chi connectivity index (χ2v) is 10.6. The first-order valence-electron chi connectivity index (χ1n) is 11.6. The third-order valence-electron chi connectivity index (χ3n) is 7.18. The van der Waals surface area contributed by atoms with Gasteiger partial charge in [0.05, 0.1) is 23.6 Å². The third kappa shape index (κ3) is 3.47. The number of rotatable bonds is 3. The molecular weight excluding hydrogens is 524 g/mol. The molecule has 1 N–H and O–H groups in total. The van der Waals surface area contributed by atoms with Crippen molar-refractivity contribution in [3.63, 3.8) is 0 Å². The van der Waals surface area contributed by atoms with Crippen molar-refractivity contribution in [2.75, 3.05) is 36.8 Å². The van der Waals surface area contributed by atoms with Crippen molar-refractivity contribution in [2.45, 2.75) is 17.0 Å². The van der Waals surface area contributed by atoms with Gasteiger partial charge in [0.1, 0.15) is 17.5 Å². The van der Waals surface area contributed by atoms with Crippen LogP contribution in [-0.2, 0) is 16.1 Å². The maximum Gasteiger partial charge on any atom is 0.350 e. The van der Waals surface area contributed by atoms with E-state index in [1.807, 2.05) is 4.90 Å². The minimum atomic E-state index is -1.10. The Morgan fingerprint density at radius 1 is 1.22 bits per heavy atom. The van der Waals surface area contributed by atoms with Crippen molar-refractivity contribution in [3.05, 3.63) is 64.1 Å². The van der Waals surface area contributed by atoms with Crippen molar-refractivity contribution in [3.8, 4) is 11.1 Å². The smallest absolute Gasteiger partial charge is 0.350 e. The molecule has 37 heavy (non-hydrogen) atoms. The Morgan fingerprint density at radius 2 is 2.03 bits per heavy atom. The van der Waals surface area contributed by atoms with Crippen LogP contribution in [-0.4, -0.2) is 63.7 Å². The van der Waals surface area contributed by atoms with Crippen LogP contribution in [0, 0.1) is 11.6 Å². The zero-order chi connectivity index (χ0) is 26.1. The number of hydrogen-bond acceptors (Lipinski definition) is 6. The number of benzene rings is 2. The van der Waals surface area contributed by atoms with E-state index in [2.05, 4.69) is 16.9 Å². The first-order chi connectivity index (χ1) is 17.7. The lowest BCUT2D eigenvalue weighted by Crippen LogP contribution is -2.80. The largest absolute Gasteiger partial charge is 0.351 e. The monoisotopic (exact) mass is 543 g/mol. The van der Waals surface area contributed by atoms with Gasteiger partial charge in [-0.25, -0.2) is 13.6 Å². The number of piperazine rings is 1. The van der Waals surface area contributed by atoms with Crippen LogP contribution in [0.2, 0.25) is 5.02 Å². The Labute approximate surface area is 218 Å². The number of carbonyl (C=O) groups excluding carboxylic acids is 2. The van der Waals surface area contributed by atoms with Crippen LogP contribution in [0.25, 0.3) is 22.0 Å². The fourth-order valence-electron chi connectivity index (χ4n) is 5.37. The summed E-state index contributed by atoms with van der Waals surface area (Å²) >= 11 is 8.16. The number of aromatic nitrogens is 2. The summed E-state index contributed by atoms with van der Waals surface area (Å²) < 4.78 is 30.0. The highest BCUT2D eigenvalue weighted by atomic mass is 35.5. The molecule has 0 bridgehead atoms. The van der Waals surface area contributed by atoms with Gasteiger partial charge in [-0.3, -0.25) is 14.2 Å². The summed E-state index contributed by atoms with van der Waals surface area (Å²) in [5.74, 6) is -1.19. The predicted octanol–water partition coefficient (Wildman–Crippen LogP) is 2.80. The number of hydrogen-bond donors (Lipinski definition) is 1. The normalized spacial score (nSPS) is 20.7. The second-order valence-electron chi connectivity index (χ2n) is 9.13. The van der Waals surface area contributed by atoms with Crippen LogP contribution >= 0.6 is 23.4 Å². The molecule has 0 radical (unpaired) electrons. The molecule has 2 amide bonds. The average molecular weight is 544 g/mol. The Hall–Kier alpha value is -3.44. The maximum absolute atomic E-state index is 14.8. The molecule has 3 aromatic rings. The first-order valence-corrected chi connectivity index (χ1v) is 12.9. The van der Waals surface area contributed by atoms with E-state index in [0.717, 1.165) is 12.1 Å². The molecule has 8 nitrogen and oxygen atoms in total. The highest BCUT2D eigenvalue weighted by molar-refractivity contribution is 7.99. The molecule has 0 saturated carbocycles. The summed E-state index contributed by atoms with van der Waals surface area (Å²) in [5, 5.41) is 3.52. The standard InChI is InChI=1S/C25H20ClF2N5O3S/c1-2-18(34)33-6-5-31(12-25(33)11-29-23(25)35)22-15-10-16(26)19(14-4-3-13(27)9-17(14)28)21-20(15)32(7-8-37-21)24(36)30-22/h2-4,9-10H,1,5-8,11-12H2,(H,29,35). The number of thioether (sulfide) groups is 1. The zero-order valence-electron chi connectivity index (χ0n) is 19.4. The summed E-state index contributed by atoms with van der Waals surface area (Å²) in [5.41, 5.74) is -0.489. The fourth-order valence-corrected chi connectivity index (χ4v) is 6.93. The molecule has 3 aliphatic heterocycles. The van der Waals surface area contributed by atoms with E-state index in [1.54, 1.807) is 6.07 Å². The minimum absolute atomic E-state index is 0.136. The van der Waals surface area contributed by atoms with E-state index in [-0.39, 0.29) is 42.0 Å². The molecule has 1 unspecified atom stereocenters. The number of β-lactam (4-membered cyclic amide) rings is 1. The van der Waals surface area contributed by atoms with E-state index in [0.29, 0.717) is 46.0 Å². The molecule has 6 rings (SSSR count). The van der Waals surface area contributed by atoms with Crippen molar-refractivity contribution >= 4 is 51.9 Å². The highest BCUT2D eigenvalue weighted by Gasteiger charge is 2.55. The van der Waals surface area contributed by atoms with Crippen LogP contribution in [0.15, 0.2) is 46.6 Å². The number of halogens is 3. The fraction of sp³-hybridized carbons (Fsp3) is 0.280. The van der Waals surface area contributed by atoms with Gasteiger partial charge in [0.2, 0.25) is 11.8 Å². The van der Waals surface area contributed by atoms with Crippen molar-refractivity contribution < 1.29 is 18.4 Å². The molecule has 4 heterocycles. The Morgan fingerprint density at radius 3 is 2.70 bits per heavy atom. The summed E-state index contributed by atoms with van der Waals surface area (Å²) in [7, 11) is 0. The van der Waals surface area contributed by atoms with Gasteiger partial charge < -0.3 is 15.1 Å². The number of nitrogens with one attached hydrogen (secondary N) is 1. The Bertz CT molecular complexity index is 1600. The molecule has 0 aliphatic carbocycles. The lowest BCUT2D eigenvalue weighted by Gasteiger charge is -2.54. The molecular formula is C25H20ClF2N5O3S. The second kappa shape index (κ2) is 8.56. The summed E-state index contributed by atoms with van der Waals surface area (Å²) in [6.07, 6.45) is 1.18. The van der Waals surface area contributed by atoms with Crippen LogP contribution < -0.4 is 15.9 Å². The van der Waals surface area contributed by atoms with Crippen LogP contribution in [0.1, 0.15) is 0 Å². The van der Waals surface area contributed by atoms with Gasteiger partial charge >= 0.3 is 5.69 Å². The van der Waals surface area contributed by atoms with Crippen molar-refractivity contribution in [1.82, 2.24) is 19.8 Å². The summed E-state index contributed by atoms with van der Waals surface area (Å²) in [6, 6.07) is 4.94. The molecule has 1 aromatic heterocycles. The molecule has 2 aromatic carbocycles. The lowest BCUT2D eigenvalue weighted by atomic mass is 9.85.